The maximum absolute atomic E-state index is 13.0. The van der Waals surface area contributed by atoms with E-state index in [1.165, 1.54) is 12.1 Å². The quantitative estimate of drug-likeness (QED) is 0.721. The van der Waals surface area contributed by atoms with Gasteiger partial charge < -0.3 is 10.6 Å². The molecular formula is C21H22FN3O3. The largest absolute Gasteiger partial charge is 0.354 e. The van der Waals surface area contributed by atoms with Crippen molar-refractivity contribution in [1.82, 2.24) is 15.5 Å². The van der Waals surface area contributed by atoms with Gasteiger partial charge in [-0.25, -0.2) is 9.18 Å². The van der Waals surface area contributed by atoms with Crippen molar-refractivity contribution in [1.29, 1.82) is 0 Å². The van der Waals surface area contributed by atoms with Gasteiger partial charge in [0, 0.05) is 6.54 Å². The number of amides is 4. The van der Waals surface area contributed by atoms with Gasteiger partial charge in [0.1, 0.15) is 17.9 Å². The SMILES string of the molecule is CC[C@]1(c2ccccc2)NC(=O)N(CC(=O)NCCc2ccc(F)cc2)C1=O. The third kappa shape index (κ3) is 3.88. The van der Waals surface area contributed by atoms with Crippen molar-refractivity contribution < 1.29 is 18.8 Å². The van der Waals surface area contributed by atoms with Gasteiger partial charge in [0.15, 0.2) is 0 Å². The maximum Gasteiger partial charge on any atom is 0.325 e. The van der Waals surface area contributed by atoms with Crippen molar-refractivity contribution in [2.45, 2.75) is 25.3 Å². The van der Waals surface area contributed by atoms with E-state index in [0.717, 1.165) is 10.5 Å². The van der Waals surface area contributed by atoms with Crippen LogP contribution in [0.5, 0.6) is 0 Å². The highest BCUT2D eigenvalue weighted by molar-refractivity contribution is 6.09. The van der Waals surface area contributed by atoms with Crippen molar-refractivity contribution >= 4 is 17.8 Å². The molecule has 7 heteroatoms. The maximum atomic E-state index is 13.0. The lowest BCUT2D eigenvalue weighted by Crippen LogP contribution is -2.45. The smallest absolute Gasteiger partial charge is 0.325 e. The topological polar surface area (TPSA) is 78.5 Å². The summed E-state index contributed by atoms with van der Waals surface area (Å²) in [7, 11) is 0. The number of rotatable bonds is 7. The number of benzene rings is 2. The number of carbonyl (C=O) groups excluding carboxylic acids is 3. The first-order valence-corrected chi connectivity index (χ1v) is 9.17. The lowest BCUT2D eigenvalue weighted by molar-refractivity contribution is -0.135. The highest BCUT2D eigenvalue weighted by atomic mass is 19.1. The summed E-state index contributed by atoms with van der Waals surface area (Å²) < 4.78 is 12.9. The Morgan fingerprint density at radius 1 is 1.11 bits per heavy atom. The zero-order valence-electron chi connectivity index (χ0n) is 15.6. The Balaban J connectivity index is 1.60. The van der Waals surface area contributed by atoms with Gasteiger partial charge in [-0.05, 0) is 36.1 Å². The Labute approximate surface area is 162 Å². The van der Waals surface area contributed by atoms with Gasteiger partial charge >= 0.3 is 6.03 Å². The van der Waals surface area contributed by atoms with E-state index in [4.69, 9.17) is 0 Å². The number of halogens is 1. The molecule has 3 rings (SSSR count). The molecule has 28 heavy (non-hydrogen) atoms. The van der Waals surface area contributed by atoms with E-state index in [2.05, 4.69) is 10.6 Å². The molecule has 2 N–H and O–H groups in total. The van der Waals surface area contributed by atoms with E-state index in [0.29, 0.717) is 24.9 Å². The summed E-state index contributed by atoms with van der Waals surface area (Å²) in [6.07, 6.45) is 0.902. The molecule has 0 unspecified atom stereocenters. The van der Waals surface area contributed by atoms with E-state index >= 15 is 0 Å². The Kier molecular flexibility index (Phi) is 5.73. The lowest BCUT2D eigenvalue weighted by Gasteiger charge is -2.25. The second kappa shape index (κ2) is 8.21. The number of nitrogens with one attached hydrogen (secondary N) is 2. The number of urea groups is 1. The molecular weight excluding hydrogens is 361 g/mol. The summed E-state index contributed by atoms with van der Waals surface area (Å²) >= 11 is 0. The fourth-order valence-electron chi connectivity index (χ4n) is 3.33. The van der Waals surface area contributed by atoms with E-state index < -0.39 is 23.4 Å². The van der Waals surface area contributed by atoms with Crippen LogP contribution in [0, 0.1) is 5.82 Å². The first-order valence-electron chi connectivity index (χ1n) is 9.17. The molecule has 1 saturated heterocycles. The van der Waals surface area contributed by atoms with Gasteiger partial charge in [-0.1, -0.05) is 49.4 Å². The normalized spacial score (nSPS) is 18.9. The number of hydrogen-bond donors (Lipinski definition) is 2. The molecule has 0 spiro atoms. The van der Waals surface area contributed by atoms with Crippen LogP contribution in [0.2, 0.25) is 0 Å². The molecule has 0 saturated carbocycles. The molecule has 1 heterocycles. The predicted molar refractivity (Wildman–Crippen MR) is 102 cm³/mol. The summed E-state index contributed by atoms with van der Waals surface area (Å²) in [4.78, 5) is 38.5. The van der Waals surface area contributed by atoms with Crippen LogP contribution in [0.1, 0.15) is 24.5 Å². The summed E-state index contributed by atoms with van der Waals surface area (Å²) in [6, 6.07) is 14.4. The second-order valence-corrected chi connectivity index (χ2v) is 6.67. The van der Waals surface area contributed by atoms with Crippen molar-refractivity contribution in [2.24, 2.45) is 0 Å². The summed E-state index contributed by atoms with van der Waals surface area (Å²) in [5.74, 6) is -1.17. The van der Waals surface area contributed by atoms with Gasteiger partial charge in [0.2, 0.25) is 5.91 Å². The molecule has 1 fully saturated rings. The van der Waals surface area contributed by atoms with Gasteiger partial charge in [-0.15, -0.1) is 0 Å². The fraction of sp³-hybridized carbons (Fsp3) is 0.286. The standard InChI is InChI=1S/C21H22FN3O3/c1-2-21(16-6-4-3-5-7-16)19(27)25(20(28)24-21)14-18(26)23-13-12-15-8-10-17(22)11-9-15/h3-11H,2,12-14H2,1H3,(H,23,26)(H,24,28)/t21-/m1/s1. The second-order valence-electron chi connectivity index (χ2n) is 6.67. The van der Waals surface area contributed by atoms with Crippen LogP contribution in [-0.4, -0.2) is 35.8 Å². The highest BCUT2D eigenvalue weighted by Gasteiger charge is 2.51. The van der Waals surface area contributed by atoms with Gasteiger partial charge in [-0.2, -0.15) is 0 Å². The highest BCUT2D eigenvalue weighted by Crippen LogP contribution is 2.32. The van der Waals surface area contributed by atoms with Crippen molar-refractivity contribution in [2.75, 3.05) is 13.1 Å². The van der Waals surface area contributed by atoms with Crippen LogP contribution >= 0.6 is 0 Å². The Morgan fingerprint density at radius 2 is 1.79 bits per heavy atom. The summed E-state index contributed by atoms with van der Waals surface area (Å²) in [5, 5.41) is 5.44. The van der Waals surface area contributed by atoms with Crippen LogP contribution < -0.4 is 10.6 Å². The molecule has 1 aliphatic heterocycles. The van der Waals surface area contributed by atoms with E-state index in [-0.39, 0.29) is 12.4 Å². The van der Waals surface area contributed by atoms with Crippen LogP contribution in [-0.2, 0) is 21.5 Å². The summed E-state index contributed by atoms with van der Waals surface area (Å²) in [6.45, 7) is 1.80. The van der Waals surface area contributed by atoms with E-state index in [9.17, 15) is 18.8 Å². The van der Waals surface area contributed by atoms with Gasteiger partial charge in [0.05, 0.1) is 0 Å². The third-order valence-corrected chi connectivity index (χ3v) is 4.92. The minimum atomic E-state index is -1.15. The third-order valence-electron chi connectivity index (χ3n) is 4.92. The van der Waals surface area contributed by atoms with Crippen molar-refractivity contribution in [3.8, 4) is 0 Å². The molecule has 2 aromatic rings. The molecule has 0 aliphatic carbocycles. The molecule has 1 atom stereocenters. The molecule has 1 aliphatic rings. The minimum absolute atomic E-state index is 0.316. The van der Waals surface area contributed by atoms with Crippen LogP contribution in [0.15, 0.2) is 54.6 Å². The Hall–Kier alpha value is -3.22. The lowest BCUT2D eigenvalue weighted by atomic mass is 9.87. The first-order chi connectivity index (χ1) is 13.5. The average molecular weight is 383 g/mol. The zero-order valence-corrected chi connectivity index (χ0v) is 15.6. The van der Waals surface area contributed by atoms with E-state index in [1.807, 2.05) is 13.0 Å². The van der Waals surface area contributed by atoms with Crippen LogP contribution in [0.4, 0.5) is 9.18 Å². The molecule has 4 amide bonds. The number of carbonyl (C=O) groups is 3. The number of imide groups is 1. The minimum Gasteiger partial charge on any atom is -0.354 e. The Morgan fingerprint density at radius 3 is 2.43 bits per heavy atom. The van der Waals surface area contributed by atoms with Crippen molar-refractivity contribution in [3.63, 3.8) is 0 Å². The fourth-order valence-corrected chi connectivity index (χ4v) is 3.33. The van der Waals surface area contributed by atoms with Gasteiger partial charge in [-0.3, -0.25) is 14.5 Å². The zero-order chi connectivity index (χ0) is 20.1. The predicted octanol–water partition coefficient (Wildman–Crippen LogP) is 2.34. The number of nitrogens with zero attached hydrogens (tertiary/aromatic N) is 1. The summed E-state index contributed by atoms with van der Waals surface area (Å²) in [5.41, 5.74) is 0.424. The molecule has 0 radical (unpaired) electrons. The molecule has 0 aromatic heterocycles. The van der Waals surface area contributed by atoms with E-state index in [1.54, 1.807) is 36.4 Å². The molecule has 0 bridgehead atoms. The molecule has 146 valence electrons. The van der Waals surface area contributed by atoms with Crippen LogP contribution in [0.3, 0.4) is 0 Å². The number of hydrogen-bond acceptors (Lipinski definition) is 3. The van der Waals surface area contributed by atoms with Gasteiger partial charge in [0.25, 0.3) is 5.91 Å². The van der Waals surface area contributed by atoms with Crippen LogP contribution in [0.25, 0.3) is 0 Å². The first kappa shape index (κ1) is 19.5. The average Bonchev–Trinajstić information content (AvgIpc) is 2.95. The molecule has 6 nitrogen and oxygen atoms in total. The Bertz CT molecular complexity index is 870. The molecule has 2 aromatic carbocycles. The van der Waals surface area contributed by atoms with Crippen molar-refractivity contribution in [3.05, 3.63) is 71.5 Å². The monoisotopic (exact) mass is 383 g/mol.